The van der Waals surface area contributed by atoms with E-state index in [1.165, 1.54) is 11.7 Å². The first-order valence-electron chi connectivity index (χ1n) is 8.79. The normalized spacial score (nSPS) is 12.3. The SMILES string of the molecule is COc1cc(C(C)(C)C)c(-n2c(Sc3ncc(C(F)(F)F)cc3Cl)n[nH]c2=O)cc1Cl. The smallest absolute Gasteiger partial charge is 0.417 e. The number of pyridine rings is 1. The fourth-order valence-corrected chi connectivity index (χ4v) is 4.11. The van der Waals surface area contributed by atoms with Gasteiger partial charge in [-0.25, -0.2) is 19.4 Å². The molecular formula is C19H17Cl2F3N4O2S. The molecule has 1 aromatic carbocycles. The maximum Gasteiger partial charge on any atom is 0.417 e. The number of ether oxygens (including phenoxy) is 1. The Labute approximate surface area is 189 Å². The molecule has 1 N–H and O–H groups in total. The number of H-pyrrole nitrogens is 1. The molecule has 0 saturated carbocycles. The first kappa shape index (κ1) is 23.5. The Morgan fingerprint density at radius 3 is 2.35 bits per heavy atom. The van der Waals surface area contributed by atoms with Crippen LogP contribution in [-0.2, 0) is 11.6 Å². The third-order valence-electron chi connectivity index (χ3n) is 4.28. The molecule has 2 aromatic heterocycles. The summed E-state index contributed by atoms with van der Waals surface area (Å²) in [5.74, 6) is 0.438. The van der Waals surface area contributed by atoms with Gasteiger partial charge in [-0.3, -0.25) is 0 Å². The van der Waals surface area contributed by atoms with Crippen LogP contribution in [0.3, 0.4) is 0 Å². The van der Waals surface area contributed by atoms with Crippen molar-refractivity contribution in [2.24, 2.45) is 0 Å². The Balaban J connectivity index is 2.13. The van der Waals surface area contributed by atoms with E-state index in [1.807, 2.05) is 20.8 Å². The number of benzene rings is 1. The van der Waals surface area contributed by atoms with Gasteiger partial charge in [-0.1, -0.05) is 44.0 Å². The predicted molar refractivity (Wildman–Crippen MR) is 113 cm³/mol. The van der Waals surface area contributed by atoms with Gasteiger partial charge in [-0.05, 0) is 40.9 Å². The summed E-state index contributed by atoms with van der Waals surface area (Å²) in [4.78, 5) is 16.4. The molecule has 0 aliphatic carbocycles. The molecule has 0 unspecified atom stereocenters. The Morgan fingerprint density at radius 2 is 1.81 bits per heavy atom. The Morgan fingerprint density at radius 1 is 1.13 bits per heavy atom. The highest BCUT2D eigenvalue weighted by Crippen LogP contribution is 2.39. The predicted octanol–water partition coefficient (Wildman–Crippen LogP) is 5.74. The highest BCUT2D eigenvalue weighted by molar-refractivity contribution is 7.99. The maximum absolute atomic E-state index is 12.9. The van der Waals surface area contributed by atoms with Gasteiger partial charge in [0.05, 0.1) is 28.4 Å². The van der Waals surface area contributed by atoms with Crippen molar-refractivity contribution in [1.82, 2.24) is 19.7 Å². The molecule has 31 heavy (non-hydrogen) atoms. The second-order valence-corrected chi connectivity index (χ2v) is 9.28. The van der Waals surface area contributed by atoms with Crippen LogP contribution in [0.4, 0.5) is 13.2 Å². The van der Waals surface area contributed by atoms with E-state index in [2.05, 4.69) is 15.2 Å². The van der Waals surface area contributed by atoms with Crippen molar-refractivity contribution in [2.75, 3.05) is 7.11 Å². The number of rotatable bonds is 4. The standard InChI is InChI=1S/C19H17Cl2F3N4O2S/c1-18(2,3)10-6-14(30-4)11(20)7-13(10)28-16(29)26-27-17(28)31-15-12(21)5-9(8-25-15)19(22,23)24/h5-8H,1-4H3,(H,26,29). The van der Waals surface area contributed by atoms with E-state index in [9.17, 15) is 18.0 Å². The van der Waals surface area contributed by atoms with Gasteiger partial charge in [0.25, 0.3) is 0 Å². The van der Waals surface area contributed by atoms with Crippen LogP contribution < -0.4 is 10.4 Å². The maximum atomic E-state index is 12.9. The fraction of sp³-hybridized carbons (Fsp3) is 0.316. The molecular weight excluding hydrogens is 476 g/mol. The highest BCUT2D eigenvalue weighted by atomic mass is 35.5. The van der Waals surface area contributed by atoms with E-state index in [-0.39, 0.29) is 20.2 Å². The third kappa shape index (κ3) is 4.86. The molecule has 2 heterocycles. The first-order chi connectivity index (χ1) is 14.3. The molecule has 0 amide bonds. The first-order valence-corrected chi connectivity index (χ1v) is 10.4. The van der Waals surface area contributed by atoms with Crippen LogP contribution in [-0.4, -0.2) is 26.9 Å². The lowest BCUT2D eigenvalue weighted by Gasteiger charge is -2.24. The van der Waals surface area contributed by atoms with Crippen molar-refractivity contribution < 1.29 is 17.9 Å². The zero-order chi connectivity index (χ0) is 23.1. The monoisotopic (exact) mass is 492 g/mol. The molecule has 0 fully saturated rings. The van der Waals surface area contributed by atoms with Crippen molar-refractivity contribution in [3.8, 4) is 11.4 Å². The van der Waals surface area contributed by atoms with E-state index < -0.39 is 22.8 Å². The van der Waals surface area contributed by atoms with Crippen LogP contribution in [0.1, 0.15) is 31.9 Å². The van der Waals surface area contributed by atoms with Crippen LogP contribution in [0.5, 0.6) is 5.75 Å². The zero-order valence-electron chi connectivity index (χ0n) is 16.8. The molecule has 0 radical (unpaired) electrons. The van der Waals surface area contributed by atoms with E-state index in [4.69, 9.17) is 27.9 Å². The fourth-order valence-electron chi connectivity index (χ4n) is 2.79. The molecule has 0 atom stereocenters. The number of alkyl halides is 3. The lowest BCUT2D eigenvalue weighted by atomic mass is 9.85. The van der Waals surface area contributed by atoms with Gasteiger partial charge in [0.15, 0.2) is 0 Å². The van der Waals surface area contributed by atoms with Crippen molar-refractivity contribution in [2.45, 2.75) is 42.5 Å². The Kier molecular flexibility index (Phi) is 6.37. The summed E-state index contributed by atoms with van der Waals surface area (Å²) in [6, 6.07) is 4.08. The summed E-state index contributed by atoms with van der Waals surface area (Å²) in [6.07, 6.45) is -3.90. The van der Waals surface area contributed by atoms with Crippen molar-refractivity contribution in [3.05, 3.63) is 56.1 Å². The zero-order valence-corrected chi connectivity index (χ0v) is 19.1. The number of hydrogen-bond acceptors (Lipinski definition) is 5. The second kappa shape index (κ2) is 8.40. The topological polar surface area (TPSA) is 72.8 Å². The lowest BCUT2D eigenvalue weighted by Crippen LogP contribution is -2.22. The van der Waals surface area contributed by atoms with Gasteiger partial charge < -0.3 is 4.74 Å². The van der Waals surface area contributed by atoms with Crippen molar-refractivity contribution >= 4 is 35.0 Å². The van der Waals surface area contributed by atoms with Gasteiger partial charge in [-0.2, -0.15) is 13.2 Å². The molecule has 3 rings (SSSR count). The Hall–Kier alpha value is -2.17. The number of nitrogens with one attached hydrogen (secondary N) is 1. The molecule has 166 valence electrons. The van der Waals surface area contributed by atoms with Crippen LogP contribution in [0, 0.1) is 0 Å². The summed E-state index contributed by atoms with van der Waals surface area (Å²) < 4.78 is 45.2. The molecule has 0 aliphatic heterocycles. The quantitative estimate of drug-likeness (QED) is 0.502. The van der Waals surface area contributed by atoms with E-state index in [1.54, 1.807) is 12.1 Å². The average Bonchev–Trinajstić information content (AvgIpc) is 3.01. The van der Waals surface area contributed by atoms with Crippen LogP contribution in [0.25, 0.3) is 5.69 Å². The van der Waals surface area contributed by atoms with Crippen LogP contribution >= 0.6 is 35.0 Å². The number of methoxy groups -OCH3 is 1. The van der Waals surface area contributed by atoms with Crippen LogP contribution in [0.15, 0.2) is 39.4 Å². The van der Waals surface area contributed by atoms with E-state index in [0.29, 0.717) is 17.6 Å². The minimum atomic E-state index is -4.57. The summed E-state index contributed by atoms with van der Waals surface area (Å²) in [6.45, 7) is 5.85. The van der Waals surface area contributed by atoms with E-state index >= 15 is 0 Å². The van der Waals surface area contributed by atoms with Crippen molar-refractivity contribution in [3.63, 3.8) is 0 Å². The number of hydrogen-bond donors (Lipinski definition) is 1. The number of aromatic amines is 1. The molecule has 12 heteroatoms. The van der Waals surface area contributed by atoms with Gasteiger partial charge in [0.1, 0.15) is 10.8 Å². The lowest BCUT2D eigenvalue weighted by molar-refractivity contribution is -0.137. The Bertz CT molecular complexity index is 1190. The minimum absolute atomic E-state index is 0.0619. The van der Waals surface area contributed by atoms with Gasteiger partial charge in [0.2, 0.25) is 5.16 Å². The largest absolute Gasteiger partial charge is 0.495 e. The molecule has 0 aliphatic rings. The van der Waals surface area contributed by atoms with Crippen LogP contribution in [0.2, 0.25) is 10.0 Å². The molecule has 0 bridgehead atoms. The second-order valence-electron chi connectivity index (χ2n) is 7.51. The van der Waals surface area contributed by atoms with Gasteiger partial charge in [-0.15, -0.1) is 5.10 Å². The third-order valence-corrected chi connectivity index (χ3v) is 5.95. The molecule has 0 spiro atoms. The van der Waals surface area contributed by atoms with Gasteiger partial charge in [0, 0.05) is 6.20 Å². The highest BCUT2D eigenvalue weighted by Gasteiger charge is 2.32. The molecule has 6 nitrogen and oxygen atoms in total. The summed E-state index contributed by atoms with van der Waals surface area (Å²) in [7, 11) is 1.48. The molecule has 3 aromatic rings. The molecule has 0 saturated heterocycles. The number of nitrogens with zero attached hydrogens (tertiary/aromatic N) is 3. The van der Waals surface area contributed by atoms with E-state index in [0.717, 1.165) is 23.4 Å². The summed E-state index contributed by atoms with van der Waals surface area (Å²) in [5, 5.41) is 6.59. The number of aromatic nitrogens is 4. The van der Waals surface area contributed by atoms with Gasteiger partial charge >= 0.3 is 11.9 Å². The summed E-state index contributed by atoms with van der Waals surface area (Å²) in [5.41, 5.74) is -0.750. The average molecular weight is 493 g/mol. The van der Waals surface area contributed by atoms with Crippen molar-refractivity contribution in [1.29, 1.82) is 0 Å². The number of halogens is 5. The minimum Gasteiger partial charge on any atom is -0.495 e. The summed E-state index contributed by atoms with van der Waals surface area (Å²) >= 11 is 13.2.